The predicted octanol–water partition coefficient (Wildman–Crippen LogP) is 7.97. The number of carbonyl (C=O) groups is 9. The number of hydrogen-bond acceptors (Lipinski definition) is 31. The summed E-state index contributed by atoms with van der Waals surface area (Å²) >= 11 is 0. The molecule has 52 nitrogen and oxygen atoms in total. The number of Topliss-reactive ketones (excluding diaryl/α,β-unsaturated/α-hetero) is 2. The number of ketones is 2. The summed E-state index contributed by atoms with van der Waals surface area (Å²) in [5, 5.41) is 64.4. The SMILES string of the molecule is CC(C)C(=O)C(N)CCCCCP(=O)(O)O.CC(C)C(=O)C(N)CCCP(=O)(O)O.CC(C)N1CC[C@@H](CP(=O)(O)O)C[C@H]1C(=O)O.CC(C)NC(CCCCCP(=O)(O)O)C(=O)O.CC(C)NC(CCCP(=O)(O)O)C(=O)O.CC(C)OC(=O)[C@@H]1C[C@H](CP(=O)(O)O)CCN1.CC(C)OP(=O)(O)CCCC(N)C(=O)O.CC(C)OP(=O)(O)CCCCCC(N)C(=O)O.CC(C)OP(=O)(O)C[C@@H]1CCN[C@H](C(=O)O)C1. The lowest BCUT2D eigenvalue weighted by atomic mass is 9.91. The van der Waals surface area contributed by atoms with Crippen molar-refractivity contribution in [2.75, 3.05) is 75.1 Å². The van der Waals surface area contributed by atoms with E-state index in [1.807, 2.05) is 60.3 Å². The van der Waals surface area contributed by atoms with E-state index < -0.39 is 159 Å². The Hall–Kier alpha value is -3.38. The van der Waals surface area contributed by atoms with Crippen LogP contribution in [0.25, 0.3) is 0 Å². The number of nitrogens with one attached hydrogen (secondary N) is 4. The lowest BCUT2D eigenvalue weighted by molar-refractivity contribution is -0.151. The molecule has 0 aromatic carbocycles. The fraction of sp³-hybridized carbons (Fsp3) is 0.893. The number of likely N-dealkylation sites (tertiary alicyclic amines) is 1. The second kappa shape index (κ2) is 77.9. The first-order chi connectivity index (χ1) is 65.7. The molecule has 61 heteroatoms. The Kier molecular flexibility index (Phi) is 81.8. The van der Waals surface area contributed by atoms with Crippen LogP contribution in [-0.4, -0.2) is 334 Å². The minimum atomic E-state index is -4.05. The molecule has 145 heavy (non-hydrogen) atoms. The van der Waals surface area contributed by atoms with E-state index in [9.17, 15) is 98.9 Å². The monoisotopic (exact) mass is 2280 g/mol. The number of ether oxygens (including phenoxy) is 1. The summed E-state index contributed by atoms with van der Waals surface area (Å²) in [5.41, 5.74) is 21.8. The number of carbonyl (C=O) groups excluding carboxylic acids is 3. The second-order valence-corrected chi connectivity index (χ2v) is 54.8. The Labute approximate surface area is 853 Å². The van der Waals surface area contributed by atoms with Crippen LogP contribution >= 0.6 is 68.4 Å². The molecule has 33 N–H and O–H groups in total. The van der Waals surface area contributed by atoms with Gasteiger partial charge < -0.3 is 167 Å². The molecule has 864 valence electrons. The number of carboxylic acid groups (broad SMARTS) is 6. The molecule has 0 bridgehead atoms. The van der Waals surface area contributed by atoms with Gasteiger partial charge in [0.1, 0.15) is 42.3 Å². The van der Waals surface area contributed by atoms with Crippen molar-refractivity contribution in [3.63, 3.8) is 0 Å². The molecule has 15 atom stereocenters. The van der Waals surface area contributed by atoms with E-state index in [1.54, 1.807) is 69.2 Å². The van der Waals surface area contributed by atoms with Gasteiger partial charge >= 0.3 is 110 Å². The third-order valence-electron chi connectivity index (χ3n) is 20.7. The molecule has 0 aliphatic carbocycles. The topological polar surface area (TPSA) is 924 Å². The van der Waals surface area contributed by atoms with Gasteiger partial charge in [-0.3, -0.25) is 89.1 Å². The Balaban J connectivity index is -0.000000375. The summed E-state index contributed by atoms with van der Waals surface area (Å²) in [6.07, 6.45) is 9.51. The summed E-state index contributed by atoms with van der Waals surface area (Å²) in [6, 6.07) is -5.60. The molecule has 0 radical (unpaired) electrons. The van der Waals surface area contributed by atoms with Crippen LogP contribution in [0.3, 0.4) is 0 Å². The van der Waals surface area contributed by atoms with E-state index in [1.165, 1.54) is 0 Å². The van der Waals surface area contributed by atoms with Crippen molar-refractivity contribution < 1.29 is 207 Å². The first kappa shape index (κ1) is 152. The summed E-state index contributed by atoms with van der Waals surface area (Å²) in [4.78, 5) is 233. The fourth-order valence-corrected chi connectivity index (χ4v) is 23.0. The molecule has 9 unspecified atom stereocenters. The van der Waals surface area contributed by atoms with Crippen molar-refractivity contribution >= 4 is 122 Å². The Bertz CT molecular complexity index is 4130. The van der Waals surface area contributed by atoms with Gasteiger partial charge in [-0.25, -0.2) is 0 Å². The Morgan fingerprint density at radius 2 is 0.628 bits per heavy atom. The molecular formula is C84H180N9O43P9. The summed E-state index contributed by atoms with van der Waals surface area (Å²) in [5.74, 6) is -6.73. The smallest absolute Gasteiger partial charge is 0.328 e. The van der Waals surface area contributed by atoms with Crippen LogP contribution in [0.2, 0.25) is 0 Å². The molecule has 0 spiro atoms. The van der Waals surface area contributed by atoms with E-state index in [4.69, 9.17) is 131 Å². The van der Waals surface area contributed by atoms with Crippen molar-refractivity contribution in [1.82, 2.24) is 26.2 Å². The largest absolute Gasteiger partial charge is 0.480 e. The second-order valence-electron chi connectivity index (χ2n) is 38.6. The molecule has 3 heterocycles. The van der Waals surface area contributed by atoms with E-state index in [-0.39, 0.29) is 177 Å². The number of hydrogen-bond donors (Lipinski definition) is 29. The highest BCUT2D eigenvalue weighted by Gasteiger charge is 2.39. The van der Waals surface area contributed by atoms with Crippen molar-refractivity contribution in [3.05, 3.63) is 0 Å². The summed E-state index contributed by atoms with van der Waals surface area (Å²) in [7, 11) is -34.4. The number of aliphatic carboxylic acids is 6. The van der Waals surface area contributed by atoms with Crippen molar-refractivity contribution in [2.24, 2.45) is 52.5 Å². The van der Waals surface area contributed by atoms with Gasteiger partial charge in [0.2, 0.25) is 0 Å². The maximum absolute atomic E-state index is 11.7. The number of esters is 1. The number of piperidine rings is 3. The van der Waals surface area contributed by atoms with Crippen LogP contribution in [0.4, 0.5) is 0 Å². The highest BCUT2D eigenvalue weighted by atomic mass is 31.2. The van der Waals surface area contributed by atoms with Crippen LogP contribution < -0.4 is 44.2 Å². The highest BCUT2D eigenvalue weighted by Crippen LogP contribution is 2.49. The zero-order chi connectivity index (χ0) is 115. The van der Waals surface area contributed by atoms with Gasteiger partial charge in [-0.2, -0.15) is 0 Å². The lowest BCUT2D eigenvalue weighted by Crippen LogP contribution is -2.50. The molecule has 3 rings (SSSR count). The first-order valence-corrected chi connectivity index (χ1v) is 64.5. The Morgan fingerprint density at radius 1 is 0.331 bits per heavy atom. The number of unbranched alkanes of at least 4 members (excludes halogenated alkanes) is 6. The molecule has 3 saturated heterocycles. The van der Waals surface area contributed by atoms with E-state index >= 15 is 0 Å². The zero-order valence-electron chi connectivity index (χ0n) is 87.2. The quantitative estimate of drug-likeness (QED) is 0.0156. The van der Waals surface area contributed by atoms with E-state index in [0.717, 1.165) is 6.42 Å². The minimum Gasteiger partial charge on any atom is -0.480 e. The maximum Gasteiger partial charge on any atom is 0.328 e. The van der Waals surface area contributed by atoms with Gasteiger partial charge in [0, 0.05) is 60.8 Å². The van der Waals surface area contributed by atoms with Gasteiger partial charge in [-0.05, 0) is 222 Å². The van der Waals surface area contributed by atoms with Crippen LogP contribution in [-0.2, 0) is 103 Å². The molecule has 3 aliphatic rings. The average molecular weight is 2280 g/mol. The van der Waals surface area contributed by atoms with E-state index in [2.05, 4.69) is 21.3 Å². The van der Waals surface area contributed by atoms with Gasteiger partial charge in [0.05, 0.1) is 61.1 Å². The third-order valence-corrected chi connectivity index (χ3v) is 31.2. The number of nitrogens with zero attached hydrogens (tertiary/aromatic N) is 1. The number of nitrogens with two attached hydrogens (primary N) is 4. The predicted molar refractivity (Wildman–Crippen MR) is 547 cm³/mol. The van der Waals surface area contributed by atoms with Gasteiger partial charge in [0.15, 0.2) is 11.6 Å². The van der Waals surface area contributed by atoms with Gasteiger partial charge in [-0.1, -0.05) is 93.9 Å². The average Bonchev–Trinajstić information content (AvgIpc) is 0.825. The molecule has 3 aliphatic heterocycles. The van der Waals surface area contributed by atoms with Crippen LogP contribution in [0.1, 0.15) is 279 Å². The number of rotatable bonds is 59. The van der Waals surface area contributed by atoms with Crippen LogP contribution in [0.5, 0.6) is 0 Å². The van der Waals surface area contributed by atoms with Crippen molar-refractivity contribution in [3.8, 4) is 0 Å². The van der Waals surface area contributed by atoms with Crippen LogP contribution in [0.15, 0.2) is 0 Å². The van der Waals surface area contributed by atoms with E-state index in [0.29, 0.717) is 135 Å². The van der Waals surface area contributed by atoms with Crippen LogP contribution in [0, 0.1) is 29.6 Å². The molecule has 0 saturated carbocycles. The molecule has 0 aromatic rings. The fourth-order valence-electron chi connectivity index (χ4n) is 14.1. The summed E-state index contributed by atoms with van der Waals surface area (Å²) < 4.78 is 118. The number of carboxylic acids is 6. The lowest BCUT2D eigenvalue weighted by Gasteiger charge is -2.39. The highest BCUT2D eigenvalue weighted by molar-refractivity contribution is 7.54. The molecular weight excluding hydrogens is 2100 g/mol. The normalized spacial score (nSPS) is 19.5. The standard InChI is InChI=1S/3C10H20NO5P.2C10H22NO5P.C10H22NO4P.2C8H18NO5P.C8H18NO4P/c1-7(2)16-10(12)9-5-8(3-4-11-9)6-17(13,14)15;1-7(2)16-17(14,15)6-8-3-4-11-9(5-8)10(12)13;1-7(2)11-4-3-8(6-17(14,15)16)5-9(11)10(12)13;1-8(2)16-17(14,15)7-5-3-4-6-9(11)10(12)13;1-8(2)11-9(10(12)13)6-4-3-5-7-17(14,15)16;1-8(2)10(12)9(11)6-4-3-5-7-16(13,14)15;1-6(2)14-15(12,13)5-3-4-7(9)8(10)11;1-6(2)9-7(8(10)11)4-3-5-15(12,13)14;1-6(2)8(10)7(9)4-3-5-14(11,12)13/h7-9,11H,3-6H2,1-2H3,(H2,13,14,15);7-9,11H,3-6H2,1-2H3,(H,12,13)(H,14,15);7-9H,3-6H2,1-2H3,(H,12,13)(H2,14,15,16);8-9H,3-7,11H2,1-2H3,(H,12,13)(H,14,15);8-9,11H,3-7H2,1-2H3,(H,12,13)(H2,14,15,16);8-9H,3-7,11H2,1-2H3,(H2,13,14,15);6-7H,3-5,9H2,1-2H3,(H,10,11)(H,12,13);6-7,9H,3-5H2,1-2H3,(H,10,11)(H2,12,13,14);6-7H,3-5,9H2,1-2H3,(H2,11,12,13)/t3*8-,9+;;;;;;/m111....../s1. The van der Waals surface area contributed by atoms with Gasteiger partial charge in [0.25, 0.3) is 0 Å². The first-order valence-electron chi connectivity index (χ1n) is 48.4. The van der Waals surface area contributed by atoms with Crippen molar-refractivity contribution in [1.29, 1.82) is 0 Å². The Morgan fingerprint density at radius 3 is 0.952 bits per heavy atom. The molecule has 0 aromatic heterocycles. The van der Waals surface area contributed by atoms with Crippen molar-refractivity contribution in [2.45, 2.75) is 376 Å². The third kappa shape index (κ3) is 96.2. The minimum absolute atomic E-state index is 0.0288. The zero-order valence-corrected chi connectivity index (χ0v) is 95.3. The maximum atomic E-state index is 11.7. The van der Waals surface area contributed by atoms with Gasteiger partial charge in [-0.15, -0.1) is 0 Å². The summed E-state index contributed by atoms with van der Waals surface area (Å²) in [6.45, 7) is 33.8. The molecule has 0 amide bonds. The molecule has 3 fully saturated rings.